The zero-order valence-corrected chi connectivity index (χ0v) is 26.9. The minimum absolute atomic E-state index is 0.136. The molecule has 4 aromatic rings. The average Bonchev–Trinajstić information content (AvgIpc) is 3.43. The van der Waals surface area contributed by atoms with Crippen molar-refractivity contribution in [3.8, 4) is 11.5 Å². The monoisotopic (exact) mass is 641 g/mol. The fraction of sp³-hybridized carbons (Fsp3) is 0.278. The van der Waals surface area contributed by atoms with Gasteiger partial charge >= 0.3 is 5.97 Å². The Kier molecular flexibility index (Phi) is 10.6. The maximum Gasteiger partial charge on any atom is 0.328 e. The molecular weight excluding hydrogens is 602 g/mol. The van der Waals surface area contributed by atoms with Crippen LogP contribution < -0.4 is 19.7 Å². The second-order valence-corrected chi connectivity index (χ2v) is 13.2. The average molecular weight is 642 g/mol. The van der Waals surface area contributed by atoms with E-state index < -0.39 is 16.1 Å². The summed E-state index contributed by atoms with van der Waals surface area (Å²) in [6.07, 6.45) is 3.45. The van der Waals surface area contributed by atoms with Crippen LogP contribution in [0.5, 0.6) is 11.5 Å². The molecule has 4 aromatic carbocycles. The number of sulfonamides is 1. The lowest BCUT2D eigenvalue weighted by Crippen LogP contribution is -2.37. The van der Waals surface area contributed by atoms with Gasteiger partial charge < -0.3 is 19.7 Å². The van der Waals surface area contributed by atoms with Gasteiger partial charge in [0.15, 0.2) is 0 Å². The first kappa shape index (κ1) is 32.6. The first-order valence-electron chi connectivity index (χ1n) is 15.3. The molecule has 240 valence electrons. The molecule has 46 heavy (non-hydrogen) atoms. The molecule has 0 radical (unpaired) electrons. The third kappa shape index (κ3) is 9.34. The van der Waals surface area contributed by atoms with E-state index in [-0.39, 0.29) is 11.9 Å². The number of ether oxygens (including phenoxy) is 2. The summed E-state index contributed by atoms with van der Waals surface area (Å²) in [5.74, 6) is 0.933. The Bertz CT molecular complexity index is 1740. The van der Waals surface area contributed by atoms with E-state index in [2.05, 4.69) is 27.1 Å². The van der Waals surface area contributed by atoms with Crippen LogP contribution in [0.25, 0.3) is 0 Å². The largest absolute Gasteiger partial charge is 0.464 e. The van der Waals surface area contributed by atoms with Crippen LogP contribution in [0.4, 0.5) is 11.4 Å². The molecule has 1 unspecified atom stereocenters. The van der Waals surface area contributed by atoms with Crippen LogP contribution in [0.3, 0.4) is 0 Å². The number of amides is 1. The van der Waals surface area contributed by atoms with Crippen molar-refractivity contribution in [1.29, 1.82) is 0 Å². The van der Waals surface area contributed by atoms with Crippen LogP contribution in [0, 0.1) is 6.92 Å². The normalized spacial score (nSPS) is 14.4. The molecule has 0 saturated carbocycles. The molecule has 5 rings (SSSR count). The molecule has 1 saturated heterocycles. The molecule has 1 aliphatic rings. The van der Waals surface area contributed by atoms with Gasteiger partial charge in [0.1, 0.15) is 17.5 Å². The van der Waals surface area contributed by atoms with Crippen LogP contribution in [-0.2, 0) is 43.9 Å². The van der Waals surface area contributed by atoms with E-state index in [4.69, 9.17) is 9.47 Å². The molecule has 0 aromatic heterocycles. The number of anilines is 2. The van der Waals surface area contributed by atoms with Gasteiger partial charge in [0.05, 0.1) is 18.6 Å². The first-order chi connectivity index (χ1) is 22.1. The Balaban J connectivity index is 1.19. The van der Waals surface area contributed by atoms with Crippen LogP contribution in [0.15, 0.2) is 97.1 Å². The lowest BCUT2D eigenvalue weighted by atomic mass is 10.1. The summed E-state index contributed by atoms with van der Waals surface area (Å²) in [5, 5.41) is 2.74. The highest BCUT2D eigenvalue weighted by Crippen LogP contribution is 2.31. The van der Waals surface area contributed by atoms with E-state index in [0.29, 0.717) is 56.1 Å². The lowest BCUT2D eigenvalue weighted by molar-refractivity contribution is -0.141. The SMILES string of the molecule is Cc1c(NS(C)(=O)=O)cccc1N(Cc1ccccc1)Cc1ccc(Oc2ccc(CCCC(=O)NC3CCOC3=O)cc2)cc1. The molecule has 1 aliphatic heterocycles. The number of aryl methyl sites for hydroxylation is 1. The lowest BCUT2D eigenvalue weighted by Gasteiger charge is -2.28. The summed E-state index contributed by atoms with van der Waals surface area (Å²) in [6, 6.07) is 31.1. The fourth-order valence-corrected chi connectivity index (χ4v) is 6.02. The molecule has 0 aliphatic carbocycles. The zero-order valence-electron chi connectivity index (χ0n) is 26.1. The summed E-state index contributed by atoms with van der Waals surface area (Å²) in [6.45, 7) is 3.54. The highest BCUT2D eigenvalue weighted by molar-refractivity contribution is 7.92. The smallest absolute Gasteiger partial charge is 0.328 e. The first-order valence-corrected chi connectivity index (χ1v) is 17.2. The van der Waals surface area contributed by atoms with E-state index in [0.717, 1.165) is 40.6 Å². The maximum atomic E-state index is 12.1. The Labute approximate surface area is 270 Å². The van der Waals surface area contributed by atoms with Crippen LogP contribution in [0.1, 0.15) is 41.5 Å². The van der Waals surface area contributed by atoms with Gasteiger partial charge in [-0.2, -0.15) is 0 Å². The molecule has 1 heterocycles. The van der Waals surface area contributed by atoms with Crippen LogP contribution in [-0.4, -0.2) is 39.2 Å². The topological polar surface area (TPSA) is 114 Å². The standard InChI is InChI=1S/C36H39N3O6S/c1-26-32(38-46(2,42)43)11-7-12-34(26)39(24-28-8-4-3-5-9-28)25-29-16-20-31(21-17-29)45-30-18-14-27(15-19-30)10-6-13-35(40)37-33-22-23-44-36(33)41/h3-5,7-9,11-12,14-21,33,38H,6,10,13,22-25H2,1-2H3,(H,37,40). The second-order valence-electron chi connectivity index (χ2n) is 11.5. The van der Waals surface area contributed by atoms with Crippen molar-refractivity contribution in [1.82, 2.24) is 5.32 Å². The number of nitrogens with zero attached hydrogens (tertiary/aromatic N) is 1. The molecule has 0 bridgehead atoms. The minimum atomic E-state index is -3.42. The Hall–Kier alpha value is -4.83. The molecule has 2 N–H and O–H groups in total. The van der Waals surface area contributed by atoms with E-state index in [1.54, 1.807) is 6.07 Å². The molecule has 9 nitrogen and oxygen atoms in total. The number of cyclic esters (lactones) is 1. The third-order valence-corrected chi connectivity index (χ3v) is 8.34. The van der Waals surface area contributed by atoms with Crippen molar-refractivity contribution in [2.24, 2.45) is 0 Å². The van der Waals surface area contributed by atoms with Gasteiger partial charge in [-0.15, -0.1) is 0 Å². The minimum Gasteiger partial charge on any atom is -0.464 e. The molecule has 1 amide bonds. The van der Waals surface area contributed by atoms with Crippen molar-refractivity contribution < 1.29 is 27.5 Å². The number of hydrogen-bond acceptors (Lipinski definition) is 7. The molecule has 1 fully saturated rings. The molecule has 1 atom stereocenters. The van der Waals surface area contributed by atoms with Gasteiger partial charge in [0.25, 0.3) is 0 Å². The quantitative estimate of drug-likeness (QED) is 0.160. The number of carbonyl (C=O) groups excluding carboxylic acids is 2. The highest BCUT2D eigenvalue weighted by Gasteiger charge is 2.27. The van der Waals surface area contributed by atoms with E-state index >= 15 is 0 Å². The summed E-state index contributed by atoms with van der Waals surface area (Å²) < 4.78 is 37.5. The summed E-state index contributed by atoms with van der Waals surface area (Å²) in [4.78, 5) is 25.9. The van der Waals surface area contributed by atoms with Crippen LogP contribution >= 0.6 is 0 Å². The summed E-state index contributed by atoms with van der Waals surface area (Å²) in [5.41, 5.74) is 5.67. The van der Waals surface area contributed by atoms with Crippen molar-refractivity contribution in [3.63, 3.8) is 0 Å². The number of benzene rings is 4. The predicted octanol–water partition coefficient (Wildman–Crippen LogP) is 6.12. The van der Waals surface area contributed by atoms with Crippen LogP contribution in [0.2, 0.25) is 0 Å². The van der Waals surface area contributed by atoms with Crippen molar-refractivity contribution in [3.05, 3.63) is 119 Å². The van der Waals surface area contributed by atoms with Gasteiger partial charge in [0.2, 0.25) is 15.9 Å². The summed E-state index contributed by atoms with van der Waals surface area (Å²) >= 11 is 0. The van der Waals surface area contributed by atoms with Gasteiger partial charge in [-0.25, -0.2) is 13.2 Å². The number of carbonyl (C=O) groups is 2. The number of rotatable bonds is 14. The van der Waals surface area contributed by atoms with E-state index in [9.17, 15) is 18.0 Å². The maximum absolute atomic E-state index is 12.1. The van der Waals surface area contributed by atoms with Gasteiger partial charge in [-0.05, 0) is 78.4 Å². The molecular formula is C36H39N3O6S. The fourth-order valence-electron chi connectivity index (χ4n) is 5.40. The number of hydrogen-bond donors (Lipinski definition) is 2. The number of esters is 1. The Morgan fingerprint density at radius 1 is 0.870 bits per heavy atom. The summed E-state index contributed by atoms with van der Waals surface area (Å²) in [7, 11) is -3.42. The van der Waals surface area contributed by atoms with E-state index in [1.165, 1.54) is 0 Å². The van der Waals surface area contributed by atoms with Gasteiger partial charge in [0, 0.05) is 31.6 Å². The van der Waals surface area contributed by atoms with Crippen molar-refractivity contribution in [2.45, 2.75) is 51.7 Å². The molecule has 10 heteroatoms. The Morgan fingerprint density at radius 2 is 1.50 bits per heavy atom. The van der Waals surface area contributed by atoms with Gasteiger partial charge in [-0.1, -0.05) is 60.7 Å². The van der Waals surface area contributed by atoms with Crippen molar-refractivity contribution in [2.75, 3.05) is 22.5 Å². The molecule has 0 spiro atoms. The Morgan fingerprint density at radius 3 is 2.11 bits per heavy atom. The van der Waals surface area contributed by atoms with Crippen molar-refractivity contribution >= 4 is 33.3 Å². The third-order valence-electron chi connectivity index (χ3n) is 7.75. The van der Waals surface area contributed by atoms with Gasteiger partial charge in [-0.3, -0.25) is 9.52 Å². The predicted molar refractivity (Wildman–Crippen MR) is 179 cm³/mol. The second kappa shape index (κ2) is 15.0. The number of nitrogens with one attached hydrogen (secondary N) is 2. The zero-order chi connectivity index (χ0) is 32.5. The van der Waals surface area contributed by atoms with E-state index in [1.807, 2.05) is 85.8 Å². The highest BCUT2D eigenvalue weighted by atomic mass is 32.2.